The van der Waals surface area contributed by atoms with Crippen molar-refractivity contribution in [1.82, 2.24) is 10.2 Å². The van der Waals surface area contributed by atoms with Gasteiger partial charge >= 0.3 is 18.4 Å². The molecule has 2 heterocycles. The maximum atomic E-state index is 13.1. The van der Waals surface area contributed by atoms with Crippen molar-refractivity contribution >= 4 is 17.6 Å². The lowest BCUT2D eigenvalue weighted by Gasteiger charge is -2.33. The molecule has 1 aliphatic heterocycles. The summed E-state index contributed by atoms with van der Waals surface area (Å²) >= 11 is 0. The largest absolute Gasteiger partial charge is 0.459 e. The fourth-order valence-electron chi connectivity index (χ4n) is 3.26. The standard InChI is InChI=1S/C19H17F6N3O3/c20-18(21,22)17(19(23,24)25)6-7-28(11-17)16(30)26-10-12-3-1-4-13(9-12)27-15(29)14-5-2-8-31-14/h1-5,8-9H,6-7,10-11H2,(H,26,30)(H,27,29). The number of amides is 3. The van der Waals surface area contributed by atoms with E-state index in [9.17, 15) is 35.9 Å². The predicted molar refractivity (Wildman–Crippen MR) is 96.1 cm³/mol. The van der Waals surface area contributed by atoms with Crippen LogP contribution in [0.5, 0.6) is 0 Å². The van der Waals surface area contributed by atoms with Crippen LogP contribution in [0.3, 0.4) is 0 Å². The number of carbonyl (C=O) groups is 2. The number of urea groups is 1. The SMILES string of the molecule is O=C(Nc1cccc(CNC(=O)N2CCC(C(F)(F)F)(C(F)(F)F)C2)c1)c1ccco1. The van der Waals surface area contributed by atoms with E-state index in [1.807, 2.05) is 0 Å². The summed E-state index contributed by atoms with van der Waals surface area (Å²) in [5.74, 6) is -0.440. The third kappa shape index (κ3) is 4.62. The first-order chi connectivity index (χ1) is 14.4. The number of alkyl halides is 6. The van der Waals surface area contributed by atoms with E-state index in [4.69, 9.17) is 4.42 Å². The van der Waals surface area contributed by atoms with Crippen LogP contribution in [-0.4, -0.2) is 42.3 Å². The molecule has 3 rings (SSSR count). The minimum atomic E-state index is -5.53. The molecule has 3 amide bonds. The van der Waals surface area contributed by atoms with Gasteiger partial charge in [0.1, 0.15) is 0 Å². The van der Waals surface area contributed by atoms with Gasteiger partial charge in [-0.25, -0.2) is 4.79 Å². The molecule has 1 saturated heterocycles. The fourth-order valence-corrected chi connectivity index (χ4v) is 3.26. The normalized spacial score (nSPS) is 16.3. The second-order valence-electron chi connectivity index (χ2n) is 7.04. The first-order valence-corrected chi connectivity index (χ1v) is 9.03. The maximum absolute atomic E-state index is 13.1. The van der Waals surface area contributed by atoms with E-state index < -0.39 is 49.2 Å². The molecular formula is C19H17F6N3O3. The highest BCUT2D eigenvalue weighted by Gasteiger charge is 2.72. The molecule has 1 aromatic carbocycles. The molecule has 0 bridgehead atoms. The molecule has 0 aliphatic carbocycles. The molecule has 12 heteroatoms. The average Bonchev–Trinajstić information content (AvgIpc) is 3.36. The molecule has 168 valence electrons. The number of halogens is 6. The smallest absolute Gasteiger partial charge is 0.404 e. The topological polar surface area (TPSA) is 74.6 Å². The van der Waals surface area contributed by atoms with Crippen LogP contribution >= 0.6 is 0 Å². The second kappa shape index (κ2) is 8.16. The minimum absolute atomic E-state index is 0.0746. The van der Waals surface area contributed by atoms with E-state index in [0.29, 0.717) is 16.2 Å². The molecule has 1 aromatic heterocycles. The highest BCUT2D eigenvalue weighted by molar-refractivity contribution is 6.02. The summed E-state index contributed by atoms with van der Waals surface area (Å²) in [5, 5.41) is 4.88. The van der Waals surface area contributed by atoms with Crippen LogP contribution in [0.1, 0.15) is 22.5 Å². The molecule has 6 nitrogen and oxygen atoms in total. The summed E-state index contributed by atoms with van der Waals surface area (Å²) in [5.41, 5.74) is -3.10. The van der Waals surface area contributed by atoms with Crippen molar-refractivity contribution in [1.29, 1.82) is 0 Å². The molecule has 0 atom stereocenters. The molecule has 0 spiro atoms. The monoisotopic (exact) mass is 449 g/mol. The predicted octanol–water partition coefficient (Wildman–Crippen LogP) is 4.56. The van der Waals surface area contributed by atoms with Gasteiger partial charge in [-0.2, -0.15) is 26.3 Å². The van der Waals surface area contributed by atoms with Gasteiger partial charge < -0.3 is 20.0 Å². The van der Waals surface area contributed by atoms with Gasteiger partial charge in [-0.3, -0.25) is 4.79 Å². The number of anilines is 1. The molecule has 0 radical (unpaired) electrons. The zero-order valence-corrected chi connectivity index (χ0v) is 15.8. The highest BCUT2D eigenvalue weighted by Crippen LogP contribution is 2.55. The van der Waals surface area contributed by atoms with Gasteiger partial charge in [0.05, 0.1) is 6.26 Å². The lowest BCUT2D eigenvalue weighted by atomic mass is 9.85. The van der Waals surface area contributed by atoms with E-state index in [1.54, 1.807) is 18.2 Å². The lowest BCUT2D eigenvalue weighted by Crippen LogP contribution is -2.52. The van der Waals surface area contributed by atoms with Gasteiger partial charge in [-0.05, 0) is 36.2 Å². The Balaban J connectivity index is 1.61. The summed E-state index contributed by atoms with van der Waals surface area (Å²) in [6.07, 6.45) is -11.0. The van der Waals surface area contributed by atoms with E-state index in [1.165, 1.54) is 24.5 Å². The molecule has 1 fully saturated rings. The summed E-state index contributed by atoms with van der Waals surface area (Å²) in [7, 11) is 0. The molecule has 2 aromatic rings. The van der Waals surface area contributed by atoms with Gasteiger partial charge in [0.25, 0.3) is 5.91 Å². The molecule has 0 saturated carbocycles. The number of rotatable bonds is 4. The Morgan fingerprint density at radius 3 is 2.35 bits per heavy atom. The summed E-state index contributed by atoms with van der Waals surface area (Å²) in [4.78, 5) is 24.7. The Morgan fingerprint density at radius 2 is 1.77 bits per heavy atom. The molecule has 1 aliphatic rings. The Kier molecular flexibility index (Phi) is 5.92. The summed E-state index contributed by atoms with van der Waals surface area (Å²) in [6, 6.07) is 8.15. The van der Waals surface area contributed by atoms with Crippen LogP contribution < -0.4 is 10.6 Å². The molecule has 31 heavy (non-hydrogen) atoms. The maximum Gasteiger partial charge on any atom is 0.404 e. The van der Waals surface area contributed by atoms with Crippen molar-refractivity contribution in [3.63, 3.8) is 0 Å². The molecule has 2 N–H and O–H groups in total. The zero-order chi connectivity index (χ0) is 22.9. The van der Waals surface area contributed by atoms with Crippen molar-refractivity contribution in [3.05, 3.63) is 54.0 Å². The number of nitrogens with zero attached hydrogens (tertiary/aromatic N) is 1. The van der Waals surface area contributed by atoms with Crippen molar-refractivity contribution in [2.24, 2.45) is 5.41 Å². The number of carbonyl (C=O) groups excluding carboxylic acids is 2. The van der Waals surface area contributed by atoms with Crippen LogP contribution in [0.25, 0.3) is 0 Å². The van der Waals surface area contributed by atoms with Crippen LogP contribution in [0, 0.1) is 5.41 Å². The van der Waals surface area contributed by atoms with Crippen molar-refractivity contribution in [3.8, 4) is 0 Å². The van der Waals surface area contributed by atoms with Crippen molar-refractivity contribution in [2.45, 2.75) is 25.3 Å². The number of benzene rings is 1. The first kappa shape index (κ1) is 22.5. The average molecular weight is 449 g/mol. The molecular weight excluding hydrogens is 432 g/mol. The van der Waals surface area contributed by atoms with Crippen LogP contribution in [0.4, 0.5) is 36.8 Å². The van der Waals surface area contributed by atoms with Crippen LogP contribution in [0.2, 0.25) is 0 Å². The number of hydrogen-bond donors (Lipinski definition) is 2. The van der Waals surface area contributed by atoms with Gasteiger partial charge in [-0.15, -0.1) is 0 Å². The third-order valence-corrected chi connectivity index (χ3v) is 5.02. The Bertz CT molecular complexity index is 926. The summed E-state index contributed by atoms with van der Waals surface area (Å²) in [6.45, 7) is -2.33. The minimum Gasteiger partial charge on any atom is -0.459 e. The summed E-state index contributed by atoms with van der Waals surface area (Å²) < 4.78 is 83.7. The lowest BCUT2D eigenvalue weighted by molar-refractivity contribution is -0.334. The third-order valence-electron chi connectivity index (χ3n) is 5.02. The second-order valence-corrected chi connectivity index (χ2v) is 7.04. The van der Waals surface area contributed by atoms with E-state index >= 15 is 0 Å². The number of hydrogen-bond acceptors (Lipinski definition) is 3. The van der Waals surface area contributed by atoms with E-state index in [0.717, 1.165) is 0 Å². The Labute approximate surface area is 172 Å². The highest BCUT2D eigenvalue weighted by atomic mass is 19.4. The number of furan rings is 1. The Hall–Kier alpha value is -3.18. The first-order valence-electron chi connectivity index (χ1n) is 9.03. The van der Waals surface area contributed by atoms with Gasteiger partial charge in [-0.1, -0.05) is 12.1 Å². The molecule has 0 unspecified atom stereocenters. The van der Waals surface area contributed by atoms with Gasteiger partial charge in [0.2, 0.25) is 0 Å². The van der Waals surface area contributed by atoms with Crippen LogP contribution in [-0.2, 0) is 6.54 Å². The fraction of sp³-hybridized carbons (Fsp3) is 0.368. The van der Waals surface area contributed by atoms with E-state index in [2.05, 4.69) is 10.6 Å². The van der Waals surface area contributed by atoms with Crippen molar-refractivity contribution in [2.75, 3.05) is 18.4 Å². The van der Waals surface area contributed by atoms with E-state index in [-0.39, 0.29) is 12.3 Å². The number of likely N-dealkylation sites (tertiary alicyclic amines) is 1. The zero-order valence-electron chi connectivity index (χ0n) is 15.8. The van der Waals surface area contributed by atoms with Gasteiger partial charge in [0.15, 0.2) is 11.2 Å². The van der Waals surface area contributed by atoms with Crippen molar-refractivity contribution < 1.29 is 40.3 Å². The quantitative estimate of drug-likeness (QED) is 0.673. The Morgan fingerprint density at radius 1 is 1.06 bits per heavy atom. The van der Waals surface area contributed by atoms with Crippen LogP contribution in [0.15, 0.2) is 47.1 Å². The van der Waals surface area contributed by atoms with Gasteiger partial charge in [0, 0.05) is 25.3 Å². The number of nitrogens with one attached hydrogen (secondary N) is 2.